The normalized spacial score (nSPS) is 14.2. The third kappa shape index (κ3) is 4.40. The molecule has 0 radical (unpaired) electrons. The fourth-order valence-electron chi connectivity index (χ4n) is 3.77. The van der Waals surface area contributed by atoms with Crippen LogP contribution in [0, 0.1) is 13.8 Å². The third-order valence-corrected chi connectivity index (χ3v) is 6.40. The van der Waals surface area contributed by atoms with Gasteiger partial charge in [0.25, 0.3) is 0 Å². The lowest BCUT2D eigenvalue weighted by atomic mass is 10.1. The van der Waals surface area contributed by atoms with Gasteiger partial charge in [0.05, 0.1) is 23.3 Å². The number of aryl methyl sites for hydroxylation is 2. The number of carbonyl (C=O) groups excluding carboxylic acids is 1. The summed E-state index contributed by atoms with van der Waals surface area (Å²) in [6.07, 6.45) is 5.39. The van der Waals surface area contributed by atoms with Crippen LogP contribution in [-0.4, -0.2) is 39.2 Å². The van der Waals surface area contributed by atoms with Gasteiger partial charge in [0.2, 0.25) is 5.91 Å². The number of nitrogens with zero attached hydrogens (tertiary/aromatic N) is 3. The zero-order chi connectivity index (χ0) is 20.2. The average molecular weight is 406 g/mol. The van der Waals surface area contributed by atoms with E-state index in [1.54, 1.807) is 0 Å². The molecule has 1 saturated heterocycles. The van der Waals surface area contributed by atoms with Crippen LogP contribution in [0.3, 0.4) is 0 Å². The Balaban J connectivity index is 1.66. The predicted octanol–water partition coefficient (Wildman–Crippen LogP) is 5.26. The molecule has 4 rings (SSSR count). The number of hydrogen-bond acceptors (Lipinski definition) is 3. The van der Waals surface area contributed by atoms with Gasteiger partial charge < -0.3 is 4.90 Å². The van der Waals surface area contributed by atoms with E-state index < -0.39 is 0 Å². The van der Waals surface area contributed by atoms with E-state index in [0.29, 0.717) is 5.75 Å². The van der Waals surface area contributed by atoms with Gasteiger partial charge in [-0.05, 0) is 44.7 Å². The predicted molar refractivity (Wildman–Crippen MR) is 120 cm³/mol. The fourth-order valence-corrected chi connectivity index (χ4v) is 4.66. The van der Waals surface area contributed by atoms with E-state index in [1.807, 2.05) is 17.2 Å². The molecule has 0 atom stereocenters. The lowest BCUT2D eigenvalue weighted by Gasteiger charge is -2.26. The molecule has 2 aromatic carbocycles. The molecule has 0 N–H and O–H groups in total. The van der Waals surface area contributed by atoms with Crippen molar-refractivity contribution in [1.29, 1.82) is 0 Å². The molecule has 150 valence electrons. The first-order valence-corrected chi connectivity index (χ1v) is 11.2. The lowest BCUT2D eigenvalue weighted by Crippen LogP contribution is -2.36. The molecular formula is C24H27N3OS. The van der Waals surface area contributed by atoms with Crippen LogP contribution in [0.2, 0.25) is 0 Å². The van der Waals surface area contributed by atoms with Crippen LogP contribution in [-0.2, 0) is 4.79 Å². The number of para-hydroxylation sites is 1. The molecule has 1 aliphatic heterocycles. The van der Waals surface area contributed by atoms with Gasteiger partial charge in [-0.15, -0.1) is 0 Å². The minimum Gasteiger partial charge on any atom is -0.342 e. The minimum absolute atomic E-state index is 0.214. The van der Waals surface area contributed by atoms with Crippen molar-refractivity contribution in [3.63, 3.8) is 0 Å². The van der Waals surface area contributed by atoms with Crippen LogP contribution in [0.25, 0.3) is 16.9 Å². The maximum absolute atomic E-state index is 12.7. The standard InChI is InChI=1S/C24H27N3OS/c1-18-10-12-20(13-11-18)22-16-25-24(27(22)21-9-5-4-8-19(21)2)29-17-23(28)26-14-6-3-7-15-26/h4-5,8-13,16H,3,6-7,14-15,17H2,1-2H3. The number of rotatable bonds is 5. The maximum atomic E-state index is 12.7. The number of likely N-dealkylation sites (tertiary alicyclic amines) is 1. The molecule has 3 aromatic rings. The van der Waals surface area contributed by atoms with Gasteiger partial charge in [0.1, 0.15) is 0 Å². The molecule has 0 bridgehead atoms. The van der Waals surface area contributed by atoms with E-state index in [9.17, 15) is 4.79 Å². The highest BCUT2D eigenvalue weighted by molar-refractivity contribution is 7.99. The zero-order valence-electron chi connectivity index (χ0n) is 17.1. The highest BCUT2D eigenvalue weighted by atomic mass is 32.2. The van der Waals surface area contributed by atoms with Crippen molar-refractivity contribution in [3.8, 4) is 16.9 Å². The Labute approximate surface area is 177 Å². The Bertz CT molecular complexity index is 988. The first-order chi connectivity index (χ1) is 14.1. The van der Waals surface area contributed by atoms with E-state index >= 15 is 0 Å². The number of thioether (sulfide) groups is 1. The summed E-state index contributed by atoms with van der Waals surface area (Å²) in [4.78, 5) is 19.4. The quantitative estimate of drug-likeness (QED) is 0.543. The van der Waals surface area contributed by atoms with Crippen LogP contribution < -0.4 is 0 Å². The summed E-state index contributed by atoms with van der Waals surface area (Å²) in [5.41, 5.74) is 5.70. The summed E-state index contributed by atoms with van der Waals surface area (Å²) in [5, 5.41) is 0.861. The Morgan fingerprint density at radius 2 is 1.72 bits per heavy atom. The van der Waals surface area contributed by atoms with Gasteiger partial charge >= 0.3 is 0 Å². The van der Waals surface area contributed by atoms with Gasteiger partial charge in [-0.1, -0.05) is 59.8 Å². The first kappa shape index (κ1) is 19.8. The summed E-state index contributed by atoms with van der Waals surface area (Å²) in [7, 11) is 0. The number of carbonyl (C=O) groups is 1. The largest absolute Gasteiger partial charge is 0.342 e. The molecule has 1 amide bonds. The smallest absolute Gasteiger partial charge is 0.233 e. The van der Waals surface area contributed by atoms with E-state index in [2.05, 4.69) is 60.9 Å². The van der Waals surface area contributed by atoms with Crippen molar-refractivity contribution in [2.75, 3.05) is 18.8 Å². The molecule has 0 aliphatic carbocycles. The summed E-state index contributed by atoms with van der Waals surface area (Å²) < 4.78 is 2.19. The monoisotopic (exact) mass is 405 g/mol. The van der Waals surface area contributed by atoms with E-state index in [0.717, 1.165) is 48.0 Å². The molecule has 29 heavy (non-hydrogen) atoms. The van der Waals surface area contributed by atoms with Crippen molar-refractivity contribution in [2.45, 2.75) is 38.3 Å². The molecule has 2 heterocycles. The minimum atomic E-state index is 0.214. The second-order valence-electron chi connectivity index (χ2n) is 7.64. The number of hydrogen-bond donors (Lipinski definition) is 0. The fraction of sp³-hybridized carbons (Fsp3) is 0.333. The van der Waals surface area contributed by atoms with Gasteiger partial charge in [-0.2, -0.15) is 0 Å². The van der Waals surface area contributed by atoms with Gasteiger partial charge in [-0.3, -0.25) is 9.36 Å². The second-order valence-corrected chi connectivity index (χ2v) is 8.59. The average Bonchev–Trinajstić information content (AvgIpc) is 3.17. The highest BCUT2D eigenvalue weighted by Gasteiger charge is 2.20. The number of piperidine rings is 1. The summed E-state index contributed by atoms with van der Waals surface area (Å²) in [5.74, 6) is 0.641. The molecule has 4 nitrogen and oxygen atoms in total. The van der Waals surface area contributed by atoms with Crippen molar-refractivity contribution in [1.82, 2.24) is 14.5 Å². The molecule has 0 unspecified atom stereocenters. The Hall–Kier alpha value is -2.53. The Morgan fingerprint density at radius 1 is 1.00 bits per heavy atom. The van der Waals surface area contributed by atoms with E-state index in [-0.39, 0.29) is 5.91 Å². The maximum Gasteiger partial charge on any atom is 0.233 e. The van der Waals surface area contributed by atoms with Crippen molar-refractivity contribution in [3.05, 3.63) is 65.9 Å². The molecule has 1 aliphatic rings. The van der Waals surface area contributed by atoms with Crippen molar-refractivity contribution < 1.29 is 4.79 Å². The number of aromatic nitrogens is 2. The van der Waals surface area contributed by atoms with Gasteiger partial charge in [-0.25, -0.2) is 4.98 Å². The van der Waals surface area contributed by atoms with Crippen LogP contribution in [0.4, 0.5) is 0 Å². The SMILES string of the molecule is Cc1ccc(-c2cnc(SCC(=O)N3CCCCC3)n2-c2ccccc2C)cc1. The zero-order valence-corrected chi connectivity index (χ0v) is 17.9. The second kappa shape index (κ2) is 8.87. The van der Waals surface area contributed by atoms with Crippen LogP contribution >= 0.6 is 11.8 Å². The molecule has 0 spiro atoms. The lowest BCUT2D eigenvalue weighted by molar-refractivity contribution is -0.129. The van der Waals surface area contributed by atoms with Crippen molar-refractivity contribution in [2.24, 2.45) is 0 Å². The first-order valence-electron chi connectivity index (χ1n) is 10.2. The van der Waals surface area contributed by atoms with Gasteiger partial charge in [0, 0.05) is 18.7 Å². The Kier molecular flexibility index (Phi) is 6.05. The van der Waals surface area contributed by atoms with Crippen molar-refractivity contribution >= 4 is 17.7 Å². The Morgan fingerprint density at radius 3 is 2.45 bits per heavy atom. The summed E-state index contributed by atoms with van der Waals surface area (Å²) in [6, 6.07) is 16.8. The third-order valence-electron chi connectivity index (χ3n) is 5.47. The number of amides is 1. The number of benzene rings is 2. The topological polar surface area (TPSA) is 38.1 Å². The van der Waals surface area contributed by atoms with Crippen LogP contribution in [0.1, 0.15) is 30.4 Å². The van der Waals surface area contributed by atoms with E-state index in [1.165, 1.54) is 29.3 Å². The van der Waals surface area contributed by atoms with Crippen LogP contribution in [0.5, 0.6) is 0 Å². The van der Waals surface area contributed by atoms with Crippen LogP contribution in [0.15, 0.2) is 59.9 Å². The molecule has 1 aromatic heterocycles. The molecular weight excluding hydrogens is 378 g/mol. The van der Waals surface area contributed by atoms with E-state index in [4.69, 9.17) is 4.98 Å². The summed E-state index contributed by atoms with van der Waals surface area (Å²) in [6.45, 7) is 5.98. The van der Waals surface area contributed by atoms with Gasteiger partial charge in [0.15, 0.2) is 5.16 Å². The molecule has 0 saturated carbocycles. The number of imidazole rings is 1. The molecule has 1 fully saturated rings. The summed E-state index contributed by atoms with van der Waals surface area (Å²) >= 11 is 1.53. The highest BCUT2D eigenvalue weighted by Crippen LogP contribution is 2.31. The molecule has 5 heteroatoms.